The summed E-state index contributed by atoms with van der Waals surface area (Å²) in [6.07, 6.45) is 1.29. The molecular formula is C10H18ClNO4. The van der Waals surface area contributed by atoms with Gasteiger partial charge in [0.25, 0.3) is 0 Å². The molecule has 0 aromatic rings. The van der Waals surface area contributed by atoms with E-state index in [0.717, 1.165) is 0 Å². The second-order valence-corrected chi connectivity index (χ2v) is 3.52. The molecule has 1 heterocycles. The number of ether oxygens (including phenoxy) is 2. The monoisotopic (exact) mass is 251 g/mol. The Hall–Kier alpha value is -0.650. The lowest BCUT2D eigenvalue weighted by molar-refractivity contribution is -0.149. The van der Waals surface area contributed by atoms with Crippen molar-refractivity contribution >= 4 is 24.2 Å². The minimum absolute atomic E-state index is 0. The number of hydrogen-bond donors (Lipinski definition) is 1. The quantitative estimate of drug-likeness (QED) is 0.574. The number of ketones is 1. The van der Waals surface area contributed by atoms with Crippen molar-refractivity contribution in [3.8, 4) is 0 Å². The molecule has 1 fully saturated rings. The molecule has 1 unspecified atom stereocenters. The lowest BCUT2D eigenvalue weighted by Gasteiger charge is -2.22. The number of carbonyl (C=O) groups excluding carboxylic acids is 2. The van der Waals surface area contributed by atoms with Gasteiger partial charge >= 0.3 is 5.97 Å². The van der Waals surface area contributed by atoms with Gasteiger partial charge in [-0.15, -0.1) is 12.4 Å². The molecule has 2 N–H and O–H groups in total. The van der Waals surface area contributed by atoms with E-state index < -0.39 is 12.0 Å². The van der Waals surface area contributed by atoms with Gasteiger partial charge in [0.2, 0.25) is 0 Å². The van der Waals surface area contributed by atoms with Gasteiger partial charge in [-0.25, -0.2) is 4.79 Å². The molecule has 1 aliphatic heterocycles. The van der Waals surface area contributed by atoms with Crippen molar-refractivity contribution in [1.29, 1.82) is 0 Å². The van der Waals surface area contributed by atoms with E-state index in [-0.39, 0.29) is 30.7 Å². The van der Waals surface area contributed by atoms with Gasteiger partial charge in [0.1, 0.15) is 0 Å². The van der Waals surface area contributed by atoms with Gasteiger partial charge in [-0.1, -0.05) is 0 Å². The van der Waals surface area contributed by atoms with Crippen LogP contribution in [0.25, 0.3) is 0 Å². The molecule has 0 spiro atoms. The molecule has 1 saturated heterocycles. The molecule has 0 aromatic carbocycles. The third-order valence-corrected chi connectivity index (χ3v) is 2.47. The number of Topliss-reactive ketones (excluding diaryl/α,β-unsaturated/α-hetero) is 1. The topological polar surface area (TPSA) is 78.6 Å². The Labute approximate surface area is 101 Å². The first-order valence-electron chi connectivity index (χ1n) is 5.20. The average Bonchev–Trinajstić information content (AvgIpc) is 2.28. The molecule has 6 heteroatoms. The van der Waals surface area contributed by atoms with Crippen LogP contribution >= 0.6 is 12.4 Å². The van der Waals surface area contributed by atoms with Crippen LogP contribution in [0.3, 0.4) is 0 Å². The minimum atomic E-state index is -1.13. The van der Waals surface area contributed by atoms with E-state index in [9.17, 15) is 9.59 Å². The van der Waals surface area contributed by atoms with Gasteiger partial charge in [0.05, 0.1) is 6.61 Å². The first-order valence-corrected chi connectivity index (χ1v) is 5.20. The lowest BCUT2D eigenvalue weighted by atomic mass is 9.91. The highest BCUT2D eigenvalue weighted by Crippen LogP contribution is 2.17. The van der Waals surface area contributed by atoms with Crippen LogP contribution in [0.5, 0.6) is 0 Å². The minimum Gasteiger partial charge on any atom is -0.464 e. The predicted molar refractivity (Wildman–Crippen MR) is 60.4 cm³/mol. The maximum atomic E-state index is 11.7. The van der Waals surface area contributed by atoms with Crippen LogP contribution in [0.2, 0.25) is 0 Å². The Kier molecular flexibility index (Phi) is 7.29. The highest BCUT2D eigenvalue weighted by atomic mass is 35.5. The molecule has 1 atom stereocenters. The third kappa shape index (κ3) is 4.08. The summed E-state index contributed by atoms with van der Waals surface area (Å²) in [7, 11) is 0. The smallest absolute Gasteiger partial charge is 0.330 e. The van der Waals surface area contributed by atoms with Crippen molar-refractivity contribution in [2.45, 2.75) is 25.8 Å². The Morgan fingerprint density at radius 2 is 2.00 bits per heavy atom. The van der Waals surface area contributed by atoms with E-state index in [1.807, 2.05) is 0 Å². The van der Waals surface area contributed by atoms with Crippen LogP contribution in [0, 0.1) is 5.92 Å². The van der Waals surface area contributed by atoms with Crippen LogP contribution in [-0.2, 0) is 19.1 Å². The van der Waals surface area contributed by atoms with Crippen molar-refractivity contribution in [3.05, 3.63) is 0 Å². The fraction of sp³-hybridized carbons (Fsp3) is 0.800. The Morgan fingerprint density at radius 3 is 2.50 bits per heavy atom. The van der Waals surface area contributed by atoms with Gasteiger partial charge in [-0.05, 0) is 19.8 Å². The zero-order chi connectivity index (χ0) is 11.3. The van der Waals surface area contributed by atoms with Crippen LogP contribution in [-0.4, -0.2) is 37.6 Å². The molecule has 16 heavy (non-hydrogen) atoms. The van der Waals surface area contributed by atoms with E-state index in [4.69, 9.17) is 15.2 Å². The largest absolute Gasteiger partial charge is 0.464 e. The zero-order valence-corrected chi connectivity index (χ0v) is 10.1. The highest BCUT2D eigenvalue weighted by molar-refractivity contribution is 6.03. The molecule has 0 amide bonds. The number of nitrogens with two attached hydrogens (primary N) is 1. The molecule has 5 nitrogen and oxygen atoms in total. The van der Waals surface area contributed by atoms with E-state index in [0.29, 0.717) is 26.1 Å². The normalized spacial score (nSPS) is 18.4. The molecule has 1 aliphatic rings. The summed E-state index contributed by atoms with van der Waals surface area (Å²) in [5.41, 5.74) is 5.51. The number of halogens is 1. The van der Waals surface area contributed by atoms with Crippen molar-refractivity contribution < 1.29 is 19.1 Å². The van der Waals surface area contributed by atoms with Gasteiger partial charge in [0.15, 0.2) is 11.8 Å². The average molecular weight is 252 g/mol. The number of rotatable bonds is 4. The standard InChI is InChI=1S/C10H17NO4.ClH/c1-2-15-10(13)8(11)9(12)7-3-5-14-6-4-7;/h7-8H,2-6,11H2,1H3;1H. The van der Waals surface area contributed by atoms with Crippen LogP contribution in [0.4, 0.5) is 0 Å². The Morgan fingerprint density at radius 1 is 1.44 bits per heavy atom. The Bertz CT molecular complexity index is 241. The molecule has 0 aliphatic carbocycles. The van der Waals surface area contributed by atoms with Crippen molar-refractivity contribution in [2.75, 3.05) is 19.8 Å². The van der Waals surface area contributed by atoms with E-state index in [1.54, 1.807) is 6.92 Å². The van der Waals surface area contributed by atoms with Crippen molar-refractivity contribution in [2.24, 2.45) is 11.7 Å². The molecule has 0 bridgehead atoms. The van der Waals surface area contributed by atoms with Gasteiger partial charge in [-0.3, -0.25) is 4.79 Å². The molecule has 94 valence electrons. The summed E-state index contributed by atoms with van der Waals surface area (Å²) in [5.74, 6) is -1.01. The highest BCUT2D eigenvalue weighted by Gasteiger charge is 2.31. The predicted octanol–water partition coefficient (Wildman–Crippen LogP) is 0.294. The summed E-state index contributed by atoms with van der Waals surface area (Å²) < 4.78 is 9.83. The van der Waals surface area contributed by atoms with Crippen molar-refractivity contribution in [1.82, 2.24) is 0 Å². The number of hydrogen-bond acceptors (Lipinski definition) is 5. The number of carbonyl (C=O) groups is 2. The molecule has 0 radical (unpaired) electrons. The fourth-order valence-electron chi connectivity index (χ4n) is 1.58. The maximum Gasteiger partial charge on any atom is 0.330 e. The summed E-state index contributed by atoms with van der Waals surface area (Å²) in [6.45, 7) is 3.05. The summed E-state index contributed by atoms with van der Waals surface area (Å²) in [5, 5.41) is 0. The number of esters is 1. The summed E-state index contributed by atoms with van der Waals surface area (Å²) in [6, 6.07) is -1.13. The lowest BCUT2D eigenvalue weighted by Crippen LogP contribution is -2.44. The first kappa shape index (κ1) is 15.3. The van der Waals surface area contributed by atoms with E-state index >= 15 is 0 Å². The van der Waals surface area contributed by atoms with Gasteiger partial charge in [-0.2, -0.15) is 0 Å². The molecule has 0 aromatic heterocycles. The molecule has 0 saturated carbocycles. The summed E-state index contributed by atoms with van der Waals surface area (Å²) >= 11 is 0. The van der Waals surface area contributed by atoms with Gasteiger partial charge < -0.3 is 15.2 Å². The van der Waals surface area contributed by atoms with Crippen LogP contribution in [0.15, 0.2) is 0 Å². The maximum absolute atomic E-state index is 11.7. The van der Waals surface area contributed by atoms with E-state index in [1.165, 1.54) is 0 Å². The summed E-state index contributed by atoms with van der Waals surface area (Å²) in [4.78, 5) is 23.0. The third-order valence-electron chi connectivity index (χ3n) is 2.47. The second kappa shape index (κ2) is 7.60. The molecule has 1 rings (SSSR count). The van der Waals surface area contributed by atoms with Gasteiger partial charge in [0, 0.05) is 19.1 Å². The zero-order valence-electron chi connectivity index (χ0n) is 9.31. The SMILES string of the molecule is CCOC(=O)C(N)C(=O)C1CCOCC1.Cl. The second-order valence-electron chi connectivity index (χ2n) is 3.52. The molecular weight excluding hydrogens is 234 g/mol. The van der Waals surface area contributed by atoms with E-state index in [2.05, 4.69) is 0 Å². The fourth-order valence-corrected chi connectivity index (χ4v) is 1.58. The Balaban J connectivity index is 0.00000225. The van der Waals surface area contributed by atoms with Crippen molar-refractivity contribution in [3.63, 3.8) is 0 Å². The van der Waals surface area contributed by atoms with Crippen LogP contribution in [0.1, 0.15) is 19.8 Å². The first-order chi connectivity index (χ1) is 7.16. The van der Waals surface area contributed by atoms with Crippen LogP contribution < -0.4 is 5.73 Å².